The fourth-order valence-corrected chi connectivity index (χ4v) is 5.33. The first kappa shape index (κ1) is 17.3. The molecule has 132 valence electrons. The van der Waals surface area contributed by atoms with Crippen LogP contribution in [-0.4, -0.2) is 10.5 Å². The highest BCUT2D eigenvalue weighted by molar-refractivity contribution is 7.21. The minimum absolute atomic E-state index is 0.243. The van der Waals surface area contributed by atoms with E-state index in [0.717, 1.165) is 27.5 Å². The number of fused-ring (bicyclic) bond motifs is 2. The van der Waals surface area contributed by atoms with Crippen LogP contribution in [0.4, 0.5) is 8.78 Å². The summed E-state index contributed by atoms with van der Waals surface area (Å²) in [6, 6.07) is 9.51. The van der Waals surface area contributed by atoms with Gasteiger partial charge in [-0.2, -0.15) is 4.99 Å². The minimum atomic E-state index is -0.674. The lowest BCUT2D eigenvalue weighted by atomic mass is 10.2. The summed E-state index contributed by atoms with van der Waals surface area (Å²) >= 11 is 8.67. The summed E-state index contributed by atoms with van der Waals surface area (Å²) in [6.45, 7) is 2.21. The van der Waals surface area contributed by atoms with Crippen LogP contribution in [0.15, 0.2) is 41.4 Å². The summed E-state index contributed by atoms with van der Waals surface area (Å²) < 4.78 is 30.5. The first-order chi connectivity index (χ1) is 12.5. The van der Waals surface area contributed by atoms with Gasteiger partial charge in [0.05, 0.1) is 15.2 Å². The third-order valence-corrected chi connectivity index (χ3v) is 6.63. The molecule has 2 aromatic carbocycles. The Hall–Kier alpha value is -2.09. The lowest BCUT2D eigenvalue weighted by Crippen LogP contribution is -2.16. The number of amides is 1. The fourth-order valence-electron chi connectivity index (χ4n) is 2.80. The summed E-state index contributed by atoms with van der Waals surface area (Å²) in [6.07, 6.45) is 0. The van der Waals surface area contributed by atoms with Gasteiger partial charge in [-0.25, -0.2) is 8.78 Å². The SMILES string of the molecule is CCn1c(=NC(=O)c2sc3ccccc3c2Cl)sc2cc(F)cc(F)c21. The van der Waals surface area contributed by atoms with Gasteiger partial charge in [0, 0.05) is 22.7 Å². The van der Waals surface area contributed by atoms with E-state index in [1.54, 1.807) is 4.57 Å². The molecule has 4 aromatic rings. The topological polar surface area (TPSA) is 34.4 Å². The van der Waals surface area contributed by atoms with Crippen LogP contribution in [0.25, 0.3) is 20.3 Å². The van der Waals surface area contributed by atoms with E-state index in [0.29, 0.717) is 25.9 Å². The molecule has 0 bridgehead atoms. The maximum absolute atomic E-state index is 14.2. The van der Waals surface area contributed by atoms with Gasteiger partial charge in [-0.1, -0.05) is 41.1 Å². The van der Waals surface area contributed by atoms with E-state index in [4.69, 9.17) is 11.6 Å². The van der Waals surface area contributed by atoms with Gasteiger partial charge in [0.25, 0.3) is 5.91 Å². The summed E-state index contributed by atoms with van der Waals surface area (Å²) in [5, 5.41) is 1.16. The number of hydrogen-bond donors (Lipinski definition) is 0. The average Bonchev–Trinajstić information content (AvgIpc) is 3.12. The maximum atomic E-state index is 14.2. The van der Waals surface area contributed by atoms with Crippen molar-refractivity contribution in [3.05, 3.63) is 62.7 Å². The lowest BCUT2D eigenvalue weighted by Gasteiger charge is -2.01. The van der Waals surface area contributed by atoms with E-state index < -0.39 is 17.5 Å². The van der Waals surface area contributed by atoms with E-state index in [-0.39, 0.29) is 5.52 Å². The first-order valence-electron chi connectivity index (χ1n) is 7.74. The third-order valence-electron chi connectivity index (χ3n) is 3.94. The number of thiazole rings is 1. The van der Waals surface area contributed by atoms with Crippen LogP contribution in [0.5, 0.6) is 0 Å². The molecular weight excluding hydrogens is 398 g/mol. The summed E-state index contributed by atoms with van der Waals surface area (Å²) in [5.74, 6) is -1.83. The highest BCUT2D eigenvalue weighted by Gasteiger charge is 2.18. The fraction of sp³-hybridized carbons (Fsp3) is 0.111. The van der Waals surface area contributed by atoms with Crippen molar-refractivity contribution < 1.29 is 13.6 Å². The van der Waals surface area contributed by atoms with Gasteiger partial charge in [0.2, 0.25) is 0 Å². The molecule has 0 N–H and O–H groups in total. The van der Waals surface area contributed by atoms with Crippen LogP contribution >= 0.6 is 34.3 Å². The third kappa shape index (κ3) is 2.76. The molecule has 0 fully saturated rings. The average molecular weight is 409 g/mol. The van der Waals surface area contributed by atoms with E-state index in [2.05, 4.69) is 4.99 Å². The predicted molar refractivity (Wildman–Crippen MR) is 102 cm³/mol. The molecule has 3 nitrogen and oxygen atoms in total. The van der Waals surface area contributed by atoms with Gasteiger partial charge in [-0.3, -0.25) is 4.79 Å². The summed E-state index contributed by atoms with van der Waals surface area (Å²) in [5.41, 5.74) is 0.243. The number of halogens is 3. The van der Waals surface area contributed by atoms with Gasteiger partial charge >= 0.3 is 0 Å². The van der Waals surface area contributed by atoms with Crippen molar-refractivity contribution in [1.29, 1.82) is 0 Å². The zero-order valence-corrected chi connectivity index (χ0v) is 15.8. The molecule has 2 aromatic heterocycles. The largest absolute Gasteiger partial charge is 0.314 e. The van der Waals surface area contributed by atoms with Crippen LogP contribution in [0, 0.1) is 11.6 Å². The molecule has 0 aliphatic heterocycles. The van der Waals surface area contributed by atoms with Gasteiger partial charge in [-0.15, -0.1) is 11.3 Å². The van der Waals surface area contributed by atoms with Gasteiger partial charge < -0.3 is 4.57 Å². The number of carbonyl (C=O) groups excluding carboxylic acids is 1. The monoisotopic (exact) mass is 408 g/mol. The zero-order valence-electron chi connectivity index (χ0n) is 13.4. The Bertz CT molecular complexity index is 1240. The molecule has 0 saturated heterocycles. The predicted octanol–water partition coefficient (Wildman–Crippen LogP) is 5.61. The molecule has 0 radical (unpaired) electrons. The Labute approximate surface area is 159 Å². The molecular formula is C18H11ClF2N2OS2. The molecule has 0 unspecified atom stereocenters. The van der Waals surface area contributed by atoms with Crippen LogP contribution < -0.4 is 4.80 Å². The normalized spacial score (nSPS) is 12.4. The Morgan fingerprint density at radius 3 is 2.69 bits per heavy atom. The standard InChI is InChI=1S/C18H11ClF2N2OS2/c1-2-23-15-11(21)7-9(20)8-13(15)26-18(23)22-17(24)16-14(19)10-5-3-4-6-12(10)25-16/h3-8H,2H2,1H3. The zero-order chi connectivity index (χ0) is 18.4. The molecule has 26 heavy (non-hydrogen) atoms. The first-order valence-corrected chi connectivity index (χ1v) is 9.75. The highest BCUT2D eigenvalue weighted by Crippen LogP contribution is 2.35. The number of nitrogens with zero attached hydrogens (tertiary/aromatic N) is 2. The van der Waals surface area contributed by atoms with Crippen LogP contribution in [0.1, 0.15) is 16.6 Å². The highest BCUT2D eigenvalue weighted by atomic mass is 35.5. The molecule has 0 saturated carbocycles. The van der Waals surface area contributed by atoms with Crippen molar-refractivity contribution in [1.82, 2.24) is 4.57 Å². The van der Waals surface area contributed by atoms with Crippen LogP contribution in [0.2, 0.25) is 5.02 Å². The van der Waals surface area contributed by atoms with E-state index in [9.17, 15) is 13.6 Å². The second-order valence-electron chi connectivity index (χ2n) is 5.52. The molecule has 0 atom stereocenters. The molecule has 0 aliphatic carbocycles. The van der Waals surface area contributed by atoms with Gasteiger partial charge in [-0.05, 0) is 19.1 Å². The Morgan fingerprint density at radius 1 is 1.19 bits per heavy atom. The van der Waals surface area contributed by atoms with Gasteiger partial charge in [0.1, 0.15) is 10.7 Å². The number of aryl methyl sites for hydroxylation is 1. The van der Waals surface area contributed by atoms with Crippen molar-refractivity contribution in [2.24, 2.45) is 4.99 Å². The number of aromatic nitrogens is 1. The van der Waals surface area contributed by atoms with E-state index in [1.165, 1.54) is 17.4 Å². The minimum Gasteiger partial charge on any atom is -0.314 e. The molecule has 4 rings (SSSR count). The van der Waals surface area contributed by atoms with Crippen molar-refractivity contribution in [2.45, 2.75) is 13.5 Å². The van der Waals surface area contributed by atoms with Gasteiger partial charge in [0.15, 0.2) is 10.6 Å². The van der Waals surface area contributed by atoms with E-state index in [1.807, 2.05) is 31.2 Å². The van der Waals surface area contributed by atoms with Crippen molar-refractivity contribution in [3.63, 3.8) is 0 Å². The number of hydrogen-bond acceptors (Lipinski definition) is 3. The van der Waals surface area contributed by atoms with Crippen molar-refractivity contribution in [2.75, 3.05) is 0 Å². The molecule has 0 aliphatic rings. The van der Waals surface area contributed by atoms with Crippen LogP contribution in [-0.2, 0) is 6.54 Å². The van der Waals surface area contributed by atoms with Crippen LogP contribution in [0.3, 0.4) is 0 Å². The molecule has 8 heteroatoms. The van der Waals surface area contributed by atoms with Crippen molar-refractivity contribution >= 4 is 60.5 Å². The smallest absolute Gasteiger partial charge is 0.291 e. The summed E-state index contributed by atoms with van der Waals surface area (Å²) in [4.78, 5) is 17.5. The second-order valence-corrected chi connectivity index (χ2v) is 7.96. The number of thiophene rings is 1. The molecule has 2 heterocycles. The summed E-state index contributed by atoms with van der Waals surface area (Å²) in [7, 11) is 0. The lowest BCUT2D eigenvalue weighted by molar-refractivity contribution is 0.100. The van der Waals surface area contributed by atoms with E-state index >= 15 is 0 Å². The maximum Gasteiger partial charge on any atom is 0.291 e. The Kier molecular flexibility index (Phi) is 4.38. The second kappa shape index (κ2) is 6.57. The Balaban J connectivity index is 1.91. The molecule has 0 spiro atoms. The quantitative estimate of drug-likeness (QED) is 0.424. The Morgan fingerprint density at radius 2 is 1.96 bits per heavy atom. The number of carbonyl (C=O) groups is 1. The molecule has 1 amide bonds. The number of rotatable bonds is 2. The number of benzene rings is 2. The van der Waals surface area contributed by atoms with Crippen molar-refractivity contribution in [3.8, 4) is 0 Å².